The lowest BCUT2D eigenvalue weighted by molar-refractivity contribution is -0.139. The number of hydrogen-bond acceptors (Lipinski definition) is 15. The fraction of sp³-hybridized carbons (Fsp3) is 0.900. The monoisotopic (exact) mass is 660 g/mol. The average Bonchev–Trinajstić information content (AvgIpc) is 3.04. The molecule has 0 heterocycles. The fourth-order valence-corrected chi connectivity index (χ4v) is 2.67. The van der Waals surface area contributed by atoms with Gasteiger partial charge in [-0.25, -0.2) is 4.79 Å². The zero-order chi connectivity index (χ0) is 33.6. The van der Waals surface area contributed by atoms with Gasteiger partial charge in [0.2, 0.25) is 0 Å². The molecule has 0 aliphatic rings. The van der Waals surface area contributed by atoms with E-state index in [1.165, 1.54) is 0 Å². The summed E-state index contributed by atoms with van der Waals surface area (Å²) in [5.74, 6) is -0.458. The molecule has 3 unspecified atom stereocenters. The van der Waals surface area contributed by atoms with E-state index < -0.39 is 12.1 Å². The molecular weight excluding hydrogens is 600 g/mol. The number of carbonyl (C=O) groups is 1. The SMILES string of the molecule is C=CC(=O)OCCOCCOCCOCCOCCOCCOCCOCCOCCO.CC(O)COC(C)COC(C)CO. The van der Waals surface area contributed by atoms with Gasteiger partial charge in [-0.1, -0.05) is 6.58 Å². The van der Waals surface area contributed by atoms with Crippen molar-refractivity contribution in [3.8, 4) is 0 Å². The standard InChI is InChI=1S/C21H40O11.C9H20O4/c1-2-21(23)32-20-19-31-18-17-30-16-15-29-14-13-28-12-11-27-10-9-26-8-7-25-6-5-24-4-3-22;1-7(11)5-12-9(3)6-13-8(2)4-10/h2,22H,1,3-20H2;7-11H,4-6H2,1-3H3. The number of rotatable bonds is 34. The normalized spacial score (nSPS) is 13.1. The summed E-state index contributed by atoms with van der Waals surface area (Å²) in [5.41, 5.74) is 0. The zero-order valence-corrected chi connectivity index (χ0v) is 27.6. The van der Waals surface area contributed by atoms with Crippen LogP contribution in [-0.2, 0) is 56.9 Å². The lowest BCUT2D eigenvalue weighted by Crippen LogP contribution is -2.24. The first-order valence-electron chi connectivity index (χ1n) is 15.4. The van der Waals surface area contributed by atoms with Crippen molar-refractivity contribution in [1.82, 2.24) is 0 Å². The number of carbonyl (C=O) groups excluding carboxylic acids is 1. The topological polar surface area (TPSA) is 179 Å². The molecule has 3 atom stereocenters. The summed E-state index contributed by atoms with van der Waals surface area (Å²) in [4.78, 5) is 10.8. The largest absolute Gasteiger partial charge is 0.460 e. The second-order valence-corrected chi connectivity index (χ2v) is 9.31. The van der Waals surface area contributed by atoms with Crippen LogP contribution in [0.1, 0.15) is 20.8 Å². The van der Waals surface area contributed by atoms with Gasteiger partial charge in [0.1, 0.15) is 6.61 Å². The minimum atomic E-state index is -0.458. The highest BCUT2D eigenvalue weighted by Crippen LogP contribution is 1.97. The Morgan fingerprint density at radius 2 is 0.889 bits per heavy atom. The molecule has 15 heteroatoms. The maximum absolute atomic E-state index is 10.8. The second kappa shape index (κ2) is 38.9. The van der Waals surface area contributed by atoms with Crippen molar-refractivity contribution in [3.05, 3.63) is 12.7 Å². The van der Waals surface area contributed by atoms with E-state index in [-0.39, 0.29) is 32.0 Å². The van der Waals surface area contributed by atoms with Crippen LogP contribution in [0, 0.1) is 0 Å². The maximum atomic E-state index is 10.8. The Morgan fingerprint density at radius 1 is 0.556 bits per heavy atom. The molecule has 15 nitrogen and oxygen atoms in total. The molecule has 0 bridgehead atoms. The van der Waals surface area contributed by atoms with Crippen molar-refractivity contribution in [2.24, 2.45) is 0 Å². The molecule has 0 saturated heterocycles. The van der Waals surface area contributed by atoms with Crippen molar-refractivity contribution >= 4 is 5.97 Å². The Bertz CT molecular complexity index is 598. The molecule has 45 heavy (non-hydrogen) atoms. The van der Waals surface area contributed by atoms with Crippen LogP contribution in [0.25, 0.3) is 0 Å². The van der Waals surface area contributed by atoms with Crippen LogP contribution in [-0.4, -0.2) is 178 Å². The van der Waals surface area contributed by atoms with Gasteiger partial charge >= 0.3 is 5.97 Å². The van der Waals surface area contributed by atoms with E-state index in [0.29, 0.717) is 119 Å². The Morgan fingerprint density at radius 3 is 1.20 bits per heavy atom. The molecule has 0 fully saturated rings. The molecular formula is C30H60O15. The van der Waals surface area contributed by atoms with E-state index in [9.17, 15) is 4.79 Å². The van der Waals surface area contributed by atoms with Crippen LogP contribution >= 0.6 is 0 Å². The van der Waals surface area contributed by atoms with E-state index in [4.69, 9.17) is 67.4 Å². The van der Waals surface area contributed by atoms with Crippen LogP contribution < -0.4 is 0 Å². The molecule has 0 aromatic heterocycles. The molecule has 0 amide bonds. The Kier molecular flexibility index (Phi) is 39.6. The van der Waals surface area contributed by atoms with Crippen molar-refractivity contribution in [1.29, 1.82) is 0 Å². The van der Waals surface area contributed by atoms with Crippen LogP contribution in [0.3, 0.4) is 0 Å². The van der Waals surface area contributed by atoms with Crippen molar-refractivity contribution in [3.63, 3.8) is 0 Å². The Labute approximate surface area is 268 Å². The van der Waals surface area contributed by atoms with Gasteiger partial charge in [0.05, 0.1) is 150 Å². The van der Waals surface area contributed by atoms with Gasteiger partial charge < -0.3 is 67.4 Å². The Balaban J connectivity index is 0. The zero-order valence-electron chi connectivity index (χ0n) is 27.6. The molecule has 0 spiro atoms. The van der Waals surface area contributed by atoms with Crippen LogP contribution in [0.4, 0.5) is 0 Å². The summed E-state index contributed by atoms with van der Waals surface area (Å²) in [6.07, 6.45) is 0.458. The van der Waals surface area contributed by atoms with Gasteiger partial charge in [-0.05, 0) is 20.8 Å². The molecule has 270 valence electrons. The smallest absolute Gasteiger partial charge is 0.330 e. The number of ether oxygens (including phenoxy) is 11. The molecule has 3 N–H and O–H groups in total. The third-order valence-electron chi connectivity index (χ3n) is 4.97. The third-order valence-corrected chi connectivity index (χ3v) is 4.97. The summed E-state index contributed by atoms with van der Waals surface area (Å²) in [6, 6.07) is 0. The van der Waals surface area contributed by atoms with Crippen LogP contribution in [0.5, 0.6) is 0 Å². The summed E-state index contributed by atoms with van der Waals surface area (Å²) < 4.78 is 57.7. The van der Waals surface area contributed by atoms with Crippen LogP contribution in [0.2, 0.25) is 0 Å². The molecule has 0 aliphatic heterocycles. The van der Waals surface area contributed by atoms with Gasteiger partial charge in [-0.3, -0.25) is 0 Å². The van der Waals surface area contributed by atoms with Gasteiger partial charge in [0.15, 0.2) is 0 Å². The second-order valence-electron chi connectivity index (χ2n) is 9.31. The first-order valence-corrected chi connectivity index (χ1v) is 15.4. The molecule has 0 radical (unpaired) electrons. The first kappa shape index (κ1) is 45.8. The highest BCUT2D eigenvalue weighted by atomic mass is 16.6. The van der Waals surface area contributed by atoms with E-state index in [0.717, 1.165) is 6.08 Å². The van der Waals surface area contributed by atoms with Crippen molar-refractivity contribution in [2.75, 3.05) is 139 Å². The molecule has 0 rings (SSSR count). The maximum Gasteiger partial charge on any atom is 0.330 e. The van der Waals surface area contributed by atoms with E-state index in [1.54, 1.807) is 13.8 Å². The van der Waals surface area contributed by atoms with Gasteiger partial charge in [-0.2, -0.15) is 0 Å². The summed E-state index contributed by atoms with van der Waals surface area (Å²) >= 11 is 0. The summed E-state index contributed by atoms with van der Waals surface area (Å²) in [5, 5.41) is 26.1. The van der Waals surface area contributed by atoms with Crippen molar-refractivity contribution in [2.45, 2.75) is 39.1 Å². The van der Waals surface area contributed by atoms with Gasteiger partial charge in [0, 0.05) is 6.08 Å². The molecule has 0 saturated carbocycles. The fourth-order valence-electron chi connectivity index (χ4n) is 2.67. The van der Waals surface area contributed by atoms with E-state index in [1.807, 2.05) is 6.92 Å². The highest BCUT2D eigenvalue weighted by molar-refractivity contribution is 5.81. The molecule has 0 aromatic rings. The van der Waals surface area contributed by atoms with Crippen LogP contribution in [0.15, 0.2) is 12.7 Å². The average molecular weight is 661 g/mol. The predicted octanol–water partition coefficient (Wildman–Crippen LogP) is 0.0104. The van der Waals surface area contributed by atoms with E-state index in [2.05, 4.69) is 6.58 Å². The summed E-state index contributed by atoms with van der Waals surface area (Å²) in [7, 11) is 0. The van der Waals surface area contributed by atoms with Gasteiger partial charge in [0.25, 0.3) is 0 Å². The number of aliphatic hydroxyl groups is 3. The minimum absolute atomic E-state index is 0.0170. The number of aliphatic hydroxyl groups excluding tert-OH is 3. The van der Waals surface area contributed by atoms with Crippen molar-refractivity contribution < 1.29 is 72.2 Å². The number of esters is 1. The third kappa shape index (κ3) is 42.7. The minimum Gasteiger partial charge on any atom is -0.460 e. The Hall–Kier alpha value is -1.31. The van der Waals surface area contributed by atoms with E-state index >= 15 is 0 Å². The van der Waals surface area contributed by atoms with Gasteiger partial charge in [-0.15, -0.1) is 0 Å². The quantitative estimate of drug-likeness (QED) is 0.0477. The molecule has 0 aliphatic carbocycles. The first-order chi connectivity index (χ1) is 21.9. The lowest BCUT2D eigenvalue weighted by atomic mass is 10.4. The summed E-state index contributed by atoms with van der Waals surface area (Å²) in [6.45, 7) is 17.0. The number of hydrogen-bond donors (Lipinski definition) is 3. The molecule has 0 aromatic carbocycles. The highest BCUT2D eigenvalue weighted by Gasteiger charge is 2.07. The lowest BCUT2D eigenvalue weighted by Gasteiger charge is -2.16. The predicted molar refractivity (Wildman–Crippen MR) is 164 cm³/mol.